The van der Waals surface area contributed by atoms with Crippen molar-refractivity contribution >= 4 is 40.6 Å². The van der Waals surface area contributed by atoms with Crippen LogP contribution in [0, 0.1) is 10.1 Å². The van der Waals surface area contributed by atoms with Crippen molar-refractivity contribution in [1.29, 1.82) is 0 Å². The molecule has 1 atom stereocenters. The first-order valence-electron chi connectivity index (χ1n) is 10.2. The van der Waals surface area contributed by atoms with E-state index in [1.807, 2.05) is 13.0 Å². The molecule has 3 aromatic carbocycles. The van der Waals surface area contributed by atoms with Gasteiger partial charge in [0.2, 0.25) is 5.91 Å². The molecule has 3 rings (SSSR count). The predicted octanol–water partition coefficient (Wildman–Crippen LogP) is 5.37. The Morgan fingerprint density at radius 3 is 2.30 bits per heavy atom. The van der Waals surface area contributed by atoms with E-state index in [0.29, 0.717) is 29.1 Å². The lowest BCUT2D eigenvalue weighted by Gasteiger charge is -2.16. The van der Waals surface area contributed by atoms with Crippen LogP contribution >= 0.6 is 11.8 Å². The fourth-order valence-electron chi connectivity index (χ4n) is 3.00. The molecule has 0 radical (unpaired) electrons. The molecule has 0 heterocycles. The van der Waals surface area contributed by atoms with Gasteiger partial charge in [0.1, 0.15) is 5.75 Å². The van der Waals surface area contributed by atoms with Crippen LogP contribution in [0.4, 0.5) is 17.1 Å². The van der Waals surface area contributed by atoms with Gasteiger partial charge in [-0.15, -0.1) is 11.8 Å². The number of nitro benzene ring substituents is 1. The van der Waals surface area contributed by atoms with Crippen molar-refractivity contribution in [2.75, 3.05) is 17.7 Å². The van der Waals surface area contributed by atoms with Crippen LogP contribution < -0.4 is 15.4 Å². The Kier molecular flexibility index (Phi) is 8.04. The van der Waals surface area contributed by atoms with Crippen LogP contribution in [0.5, 0.6) is 5.75 Å². The standard InChI is InChI=1S/C24H23N3O5S/c1-3-22(24(29)26-17-6-4-8-20(14-17)32-2)33-21-9-5-7-18(15-21)25-23(28)16-10-12-19(13-11-16)27(30)31/h4-15,22H,3H2,1-2H3,(H,25,28)(H,26,29). The average molecular weight is 466 g/mol. The molecule has 2 N–H and O–H groups in total. The summed E-state index contributed by atoms with van der Waals surface area (Å²) in [6.45, 7) is 1.93. The minimum Gasteiger partial charge on any atom is -0.497 e. The summed E-state index contributed by atoms with van der Waals surface area (Å²) in [4.78, 5) is 36.3. The highest BCUT2D eigenvalue weighted by atomic mass is 32.2. The first-order chi connectivity index (χ1) is 15.9. The van der Waals surface area contributed by atoms with Gasteiger partial charge in [0.15, 0.2) is 0 Å². The molecule has 9 heteroatoms. The third-order valence-corrected chi connectivity index (χ3v) is 6.07. The van der Waals surface area contributed by atoms with Gasteiger partial charge in [-0.3, -0.25) is 19.7 Å². The highest BCUT2D eigenvalue weighted by Gasteiger charge is 2.19. The number of carbonyl (C=O) groups is 2. The lowest BCUT2D eigenvalue weighted by atomic mass is 10.2. The molecule has 0 aromatic heterocycles. The number of anilines is 2. The first-order valence-corrected chi connectivity index (χ1v) is 11.0. The van der Waals surface area contributed by atoms with Crippen molar-refractivity contribution in [1.82, 2.24) is 0 Å². The number of ether oxygens (including phenoxy) is 1. The summed E-state index contributed by atoms with van der Waals surface area (Å²) in [6, 6.07) is 19.7. The van der Waals surface area contributed by atoms with Crippen LogP contribution in [0.15, 0.2) is 77.7 Å². The van der Waals surface area contributed by atoms with E-state index in [1.54, 1.807) is 49.6 Å². The molecule has 0 aliphatic rings. The smallest absolute Gasteiger partial charge is 0.269 e. The van der Waals surface area contributed by atoms with Crippen LogP contribution in [0.1, 0.15) is 23.7 Å². The maximum atomic E-state index is 12.8. The molecular formula is C24H23N3O5S. The third-order valence-electron chi connectivity index (χ3n) is 4.71. The third kappa shape index (κ3) is 6.56. The Morgan fingerprint density at radius 1 is 1.00 bits per heavy atom. The molecule has 0 fully saturated rings. The maximum absolute atomic E-state index is 12.8. The molecule has 1 unspecified atom stereocenters. The number of nitrogens with one attached hydrogen (secondary N) is 2. The zero-order chi connectivity index (χ0) is 23.8. The molecule has 0 bridgehead atoms. The fraction of sp³-hybridized carbons (Fsp3) is 0.167. The highest BCUT2D eigenvalue weighted by Crippen LogP contribution is 2.29. The van der Waals surface area contributed by atoms with E-state index in [-0.39, 0.29) is 22.8 Å². The summed E-state index contributed by atoms with van der Waals surface area (Å²) in [5.41, 5.74) is 1.44. The molecule has 0 spiro atoms. The Labute approximate surface area is 195 Å². The highest BCUT2D eigenvalue weighted by molar-refractivity contribution is 8.00. The summed E-state index contributed by atoms with van der Waals surface area (Å²) in [6.07, 6.45) is 0.611. The Morgan fingerprint density at radius 2 is 1.67 bits per heavy atom. The molecular weight excluding hydrogens is 442 g/mol. The molecule has 3 aromatic rings. The molecule has 8 nitrogen and oxygen atoms in total. The van der Waals surface area contributed by atoms with Crippen LogP contribution in [-0.2, 0) is 4.79 Å². The van der Waals surface area contributed by atoms with Gasteiger partial charge in [-0.25, -0.2) is 0 Å². The molecule has 33 heavy (non-hydrogen) atoms. The van der Waals surface area contributed by atoms with Gasteiger partial charge in [-0.05, 0) is 48.9 Å². The molecule has 0 saturated carbocycles. The van der Waals surface area contributed by atoms with Gasteiger partial charge < -0.3 is 15.4 Å². The first kappa shape index (κ1) is 23.8. The lowest BCUT2D eigenvalue weighted by Crippen LogP contribution is -2.24. The maximum Gasteiger partial charge on any atom is 0.269 e. The van der Waals surface area contributed by atoms with Gasteiger partial charge in [0, 0.05) is 40.0 Å². The number of amides is 2. The summed E-state index contributed by atoms with van der Waals surface area (Å²) in [5, 5.41) is 16.1. The summed E-state index contributed by atoms with van der Waals surface area (Å²) in [5.74, 6) is 0.149. The Bertz CT molecular complexity index is 1150. The van der Waals surface area contributed by atoms with Crippen molar-refractivity contribution in [3.8, 4) is 5.75 Å². The average Bonchev–Trinajstić information content (AvgIpc) is 2.82. The second-order valence-corrected chi connectivity index (χ2v) is 8.30. The number of nitrogens with zero attached hydrogens (tertiary/aromatic N) is 1. The van der Waals surface area contributed by atoms with E-state index in [2.05, 4.69) is 10.6 Å². The topological polar surface area (TPSA) is 111 Å². The number of carbonyl (C=O) groups excluding carboxylic acids is 2. The molecule has 0 aliphatic heterocycles. The Hall–Kier alpha value is -3.85. The quantitative estimate of drug-likeness (QED) is 0.250. The van der Waals surface area contributed by atoms with Gasteiger partial charge in [0.25, 0.3) is 11.6 Å². The second kappa shape index (κ2) is 11.1. The number of benzene rings is 3. The van der Waals surface area contributed by atoms with Crippen molar-refractivity contribution < 1.29 is 19.2 Å². The number of hydrogen-bond donors (Lipinski definition) is 2. The van der Waals surface area contributed by atoms with E-state index in [1.165, 1.54) is 36.0 Å². The summed E-state index contributed by atoms with van der Waals surface area (Å²) < 4.78 is 5.19. The molecule has 170 valence electrons. The van der Waals surface area contributed by atoms with Gasteiger partial charge in [-0.1, -0.05) is 19.1 Å². The summed E-state index contributed by atoms with van der Waals surface area (Å²) >= 11 is 1.40. The van der Waals surface area contributed by atoms with Gasteiger partial charge in [-0.2, -0.15) is 0 Å². The van der Waals surface area contributed by atoms with E-state index in [0.717, 1.165) is 4.90 Å². The van der Waals surface area contributed by atoms with Crippen molar-refractivity contribution in [2.45, 2.75) is 23.5 Å². The predicted molar refractivity (Wildman–Crippen MR) is 129 cm³/mol. The van der Waals surface area contributed by atoms with Crippen LogP contribution in [0.2, 0.25) is 0 Å². The minimum atomic E-state index is -0.517. The number of nitro groups is 1. The van der Waals surface area contributed by atoms with Crippen molar-refractivity contribution in [3.05, 3.63) is 88.5 Å². The number of non-ortho nitro benzene ring substituents is 1. The second-order valence-electron chi connectivity index (χ2n) is 7.02. The fourth-order valence-corrected chi connectivity index (χ4v) is 4.01. The SMILES string of the molecule is CCC(Sc1cccc(NC(=O)c2ccc([N+](=O)[O-])cc2)c1)C(=O)Nc1cccc(OC)c1. The molecule has 2 amide bonds. The lowest BCUT2D eigenvalue weighted by molar-refractivity contribution is -0.384. The van der Waals surface area contributed by atoms with Crippen LogP contribution in [0.3, 0.4) is 0 Å². The summed E-state index contributed by atoms with van der Waals surface area (Å²) in [7, 11) is 1.57. The van der Waals surface area contributed by atoms with E-state index < -0.39 is 4.92 Å². The largest absolute Gasteiger partial charge is 0.497 e. The van der Waals surface area contributed by atoms with E-state index in [9.17, 15) is 19.7 Å². The number of thioether (sulfide) groups is 1. The van der Waals surface area contributed by atoms with E-state index >= 15 is 0 Å². The molecule has 0 saturated heterocycles. The van der Waals surface area contributed by atoms with Crippen molar-refractivity contribution in [2.24, 2.45) is 0 Å². The van der Waals surface area contributed by atoms with Crippen molar-refractivity contribution in [3.63, 3.8) is 0 Å². The number of rotatable bonds is 9. The van der Waals surface area contributed by atoms with Crippen LogP contribution in [-0.4, -0.2) is 29.1 Å². The monoisotopic (exact) mass is 465 g/mol. The van der Waals surface area contributed by atoms with Gasteiger partial charge in [0.05, 0.1) is 17.3 Å². The minimum absolute atomic E-state index is 0.0808. The zero-order valence-corrected chi connectivity index (χ0v) is 18.9. The Balaban J connectivity index is 1.65. The van der Waals surface area contributed by atoms with E-state index in [4.69, 9.17) is 4.74 Å². The molecule has 0 aliphatic carbocycles. The number of methoxy groups -OCH3 is 1. The normalized spacial score (nSPS) is 11.3. The van der Waals surface area contributed by atoms with Gasteiger partial charge >= 0.3 is 0 Å². The van der Waals surface area contributed by atoms with Crippen LogP contribution in [0.25, 0.3) is 0 Å². The zero-order valence-electron chi connectivity index (χ0n) is 18.1. The number of hydrogen-bond acceptors (Lipinski definition) is 6.